The van der Waals surface area contributed by atoms with Gasteiger partial charge in [0.15, 0.2) is 0 Å². The van der Waals surface area contributed by atoms with E-state index in [1.807, 2.05) is 0 Å². The Kier molecular flexibility index (Phi) is 4.39. The van der Waals surface area contributed by atoms with Crippen LogP contribution in [0.4, 0.5) is 0 Å². The Morgan fingerprint density at radius 1 is 1.25 bits per heavy atom. The van der Waals surface area contributed by atoms with Gasteiger partial charge in [-0.1, -0.05) is 12.8 Å². The van der Waals surface area contributed by atoms with Crippen LogP contribution in [0.15, 0.2) is 23.1 Å². The van der Waals surface area contributed by atoms with Crippen molar-refractivity contribution in [1.82, 2.24) is 4.90 Å². The van der Waals surface area contributed by atoms with E-state index >= 15 is 0 Å². The van der Waals surface area contributed by atoms with Crippen LogP contribution >= 0.6 is 10.7 Å². The summed E-state index contributed by atoms with van der Waals surface area (Å²) in [6.07, 6.45) is 4.29. The molecule has 1 aromatic rings. The van der Waals surface area contributed by atoms with Crippen LogP contribution in [0.1, 0.15) is 41.6 Å². The van der Waals surface area contributed by atoms with Gasteiger partial charge in [0.25, 0.3) is 15.0 Å². The zero-order valence-corrected chi connectivity index (χ0v) is 13.2. The van der Waals surface area contributed by atoms with Gasteiger partial charge in [0.05, 0.1) is 4.90 Å². The largest absolute Gasteiger partial charge is 0.339 e. The molecule has 0 bridgehead atoms. The van der Waals surface area contributed by atoms with E-state index in [-0.39, 0.29) is 16.8 Å². The molecule has 0 saturated heterocycles. The first-order valence-corrected chi connectivity index (χ1v) is 8.93. The number of rotatable bonds is 3. The number of aryl methyl sites for hydroxylation is 1. The second-order valence-corrected chi connectivity index (χ2v) is 7.89. The van der Waals surface area contributed by atoms with Crippen LogP contribution in [0.2, 0.25) is 0 Å². The molecule has 2 rings (SSSR count). The Balaban J connectivity index is 2.32. The van der Waals surface area contributed by atoms with Gasteiger partial charge >= 0.3 is 0 Å². The zero-order valence-electron chi connectivity index (χ0n) is 11.6. The van der Waals surface area contributed by atoms with Gasteiger partial charge in [0.1, 0.15) is 0 Å². The Morgan fingerprint density at radius 2 is 1.85 bits per heavy atom. The molecule has 4 nitrogen and oxygen atoms in total. The van der Waals surface area contributed by atoms with Gasteiger partial charge in [-0.25, -0.2) is 8.42 Å². The fourth-order valence-electron chi connectivity index (χ4n) is 2.67. The molecule has 20 heavy (non-hydrogen) atoms. The van der Waals surface area contributed by atoms with E-state index < -0.39 is 9.05 Å². The fourth-order valence-corrected chi connectivity index (χ4v) is 3.53. The maximum Gasteiger partial charge on any atom is 0.261 e. The summed E-state index contributed by atoms with van der Waals surface area (Å²) in [6, 6.07) is 4.76. The lowest BCUT2D eigenvalue weighted by Crippen LogP contribution is -2.35. The highest BCUT2D eigenvalue weighted by Gasteiger charge is 2.25. The van der Waals surface area contributed by atoms with E-state index in [2.05, 4.69) is 0 Å². The van der Waals surface area contributed by atoms with E-state index in [9.17, 15) is 13.2 Å². The predicted molar refractivity (Wildman–Crippen MR) is 78.6 cm³/mol. The molecule has 1 fully saturated rings. The summed E-state index contributed by atoms with van der Waals surface area (Å²) in [4.78, 5) is 14.1. The smallest absolute Gasteiger partial charge is 0.261 e. The lowest BCUT2D eigenvalue weighted by Gasteiger charge is -2.24. The highest BCUT2D eigenvalue weighted by molar-refractivity contribution is 8.13. The van der Waals surface area contributed by atoms with Crippen LogP contribution in [0, 0.1) is 6.92 Å². The molecule has 0 aromatic heterocycles. The van der Waals surface area contributed by atoms with Crippen LogP contribution < -0.4 is 0 Å². The molecule has 0 atom stereocenters. The molecule has 1 amide bonds. The summed E-state index contributed by atoms with van der Waals surface area (Å²) >= 11 is 0. The van der Waals surface area contributed by atoms with Crippen molar-refractivity contribution in [1.29, 1.82) is 0 Å². The number of hydrogen-bond acceptors (Lipinski definition) is 3. The highest BCUT2D eigenvalue weighted by atomic mass is 35.7. The quantitative estimate of drug-likeness (QED) is 0.806. The summed E-state index contributed by atoms with van der Waals surface area (Å²) < 4.78 is 22.9. The summed E-state index contributed by atoms with van der Waals surface area (Å²) in [5.41, 5.74) is 1.08. The second-order valence-electron chi connectivity index (χ2n) is 5.33. The molecule has 0 N–H and O–H groups in total. The van der Waals surface area contributed by atoms with Gasteiger partial charge in [-0.3, -0.25) is 4.79 Å². The van der Waals surface area contributed by atoms with E-state index in [1.54, 1.807) is 24.9 Å². The van der Waals surface area contributed by atoms with Crippen molar-refractivity contribution >= 4 is 25.6 Å². The highest BCUT2D eigenvalue weighted by Crippen LogP contribution is 2.25. The third kappa shape index (κ3) is 3.33. The van der Waals surface area contributed by atoms with E-state index in [0.717, 1.165) is 25.7 Å². The van der Waals surface area contributed by atoms with Crippen LogP contribution in [-0.2, 0) is 9.05 Å². The first kappa shape index (κ1) is 15.3. The third-order valence-electron chi connectivity index (χ3n) is 3.77. The van der Waals surface area contributed by atoms with Crippen molar-refractivity contribution < 1.29 is 13.2 Å². The summed E-state index contributed by atoms with van der Waals surface area (Å²) in [6.45, 7) is 1.75. The Hall–Kier alpha value is -1.07. The topological polar surface area (TPSA) is 54.5 Å². The van der Waals surface area contributed by atoms with Crippen molar-refractivity contribution in [2.24, 2.45) is 0 Å². The number of benzene rings is 1. The predicted octanol–water partition coefficient (Wildman–Crippen LogP) is 2.94. The van der Waals surface area contributed by atoms with Crippen LogP contribution in [-0.4, -0.2) is 32.3 Å². The van der Waals surface area contributed by atoms with Crippen molar-refractivity contribution in [3.63, 3.8) is 0 Å². The van der Waals surface area contributed by atoms with Crippen LogP contribution in [0.3, 0.4) is 0 Å². The molecule has 0 aliphatic heterocycles. The van der Waals surface area contributed by atoms with Crippen LogP contribution in [0.5, 0.6) is 0 Å². The SMILES string of the molecule is Cc1cc(C(=O)N(C)C2CCCC2)cc(S(=O)(=O)Cl)c1. The summed E-state index contributed by atoms with van der Waals surface area (Å²) in [7, 11) is 3.31. The number of hydrogen-bond donors (Lipinski definition) is 0. The van der Waals surface area contributed by atoms with Crippen LogP contribution in [0.25, 0.3) is 0 Å². The first-order valence-electron chi connectivity index (χ1n) is 6.62. The third-order valence-corrected chi connectivity index (χ3v) is 5.11. The number of amides is 1. The lowest BCUT2D eigenvalue weighted by molar-refractivity contribution is 0.0735. The normalized spacial score (nSPS) is 16.4. The molecule has 0 heterocycles. The molecule has 110 valence electrons. The second kappa shape index (κ2) is 5.74. The number of carbonyl (C=O) groups is 1. The molecule has 1 saturated carbocycles. The minimum Gasteiger partial charge on any atom is -0.339 e. The summed E-state index contributed by atoms with van der Waals surface area (Å²) in [5, 5.41) is 0. The molecule has 1 aliphatic carbocycles. The minimum absolute atomic E-state index is 0.0256. The van der Waals surface area contributed by atoms with Gasteiger partial charge in [0, 0.05) is 29.3 Å². The fraction of sp³-hybridized carbons (Fsp3) is 0.500. The Bertz CT molecular complexity index is 621. The van der Waals surface area contributed by atoms with E-state index in [0.29, 0.717) is 11.1 Å². The lowest BCUT2D eigenvalue weighted by atomic mass is 10.1. The van der Waals surface area contributed by atoms with Crippen molar-refractivity contribution in [3.05, 3.63) is 29.3 Å². The van der Waals surface area contributed by atoms with Crippen molar-refractivity contribution in [2.75, 3.05) is 7.05 Å². The average molecular weight is 316 g/mol. The minimum atomic E-state index is -3.82. The van der Waals surface area contributed by atoms with Gasteiger partial charge < -0.3 is 4.90 Å². The molecule has 1 aliphatic rings. The molecule has 0 unspecified atom stereocenters. The maximum absolute atomic E-state index is 12.5. The monoisotopic (exact) mass is 315 g/mol. The van der Waals surface area contributed by atoms with E-state index in [4.69, 9.17) is 10.7 Å². The first-order chi connectivity index (χ1) is 9.29. The number of carbonyl (C=O) groups excluding carboxylic acids is 1. The van der Waals surface area contributed by atoms with Crippen molar-refractivity contribution in [3.8, 4) is 0 Å². The number of nitrogens with zero attached hydrogens (tertiary/aromatic N) is 1. The van der Waals surface area contributed by atoms with Gasteiger partial charge in [-0.2, -0.15) is 0 Å². The molecular formula is C14H18ClNO3S. The van der Waals surface area contributed by atoms with Gasteiger partial charge in [-0.05, 0) is 43.5 Å². The molecule has 0 radical (unpaired) electrons. The molecule has 6 heteroatoms. The Labute approximate surface area is 124 Å². The van der Waals surface area contributed by atoms with Gasteiger partial charge in [0.2, 0.25) is 0 Å². The average Bonchev–Trinajstić information content (AvgIpc) is 2.89. The van der Waals surface area contributed by atoms with Gasteiger partial charge in [-0.15, -0.1) is 0 Å². The van der Waals surface area contributed by atoms with E-state index in [1.165, 1.54) is 12.1 Å². The molecule has 0 spiro atoms. The Morgan fingerprint density at radius 3 is 2.40 bits per heavy atom. The standard InChI is InChI=1S/C14H18ClNO3S/c1-10-7-11(9-13(8-10)20(15,18)19)14(17)16(2)12-5-3-4-6-12/h7-9,12H,3-6H2,1-2H3. The summed E-state index contributed by atoms with van der Waals surface area (Å²) in [5.74, 6) is -0.151. The molecule has 1 aromatic carbocycles. The zero-order chi connectivity index (χ0) is 14.9. The molecular weight excluding hydrogens is 298 g/mol. The maximum atomic E-state index is 12.5. The van der Waals surface area contributed by atoms with Crippen molar-refractivity contribution in [2.45, 2.75) is 43.5 Å². The number of halogens is 1.